The lowest BCUT2D eigenvalue weighted by molar-refractivity contribution is -0.213. The smallest absolute Gasteiger partial charge is 0.216 e. The summed E-state index contributed by atoms with van der Waals surface area (Å²) in [5, 5.41) is 2.76. The van der Waals surface area contributed by atoms with Gasteiger partial charge in [0.15, 0.2) is 6.29 Å². The van der Waals surface area contributed by atoms with E-state index in [1.807, 2.05) is 36.4 Å². The maximum Gasteiger partial charge on any atom is 0.216 e. The Hall–Kier alpha value is -2.64. The maximum absolute atomic E-state index is 10.8. The van der Waals surface area contributed by atoms with Gasteiger partial charge in [-0.1, -0.05) is 30.3 Å². The zero-order valence-corrected chi connectivity index (χ0v) is 16.0. The first kappa shape index (κ1) is 20.1. The fourth-order valence-corrected chi connectivity index (χ4v) is 2.73. The molecule has 1 amide bonds. The van der Waals surface area contributed by atoms with E-state index in [0.717, 1.165) is 18.4 Å². The first-order chi connectivity index (χ1) is 13.7. The molecule has 1 saturated heterocycles. The normalized spacial score (nSPS) is 19.0. The molecule has 0 bridgehead atoms. The summed E-state index contributed by atoms with van der Waals surface area (Å²) in [6.45, 7) is 3.51. The van der Waals surface area contributed by atoms with Crippen LogP contribution in [0.1, 0.15) is 25.3 Å². The Morgan fingerprint density at radius 2 is 1.96 bits per heavy atom. The Morgan fingerprint density at radius 1 is 1.18 bits per heavy atom. The standard InChI is InChI=1S/C21H26N2O5/c1-16(24)22-11-5-8-21-26-14-19(15-27-21)28-20-10-9-18(12-23-20)25-13-17-6-3-2-4-7-17/h2-4,6-7,9-10,12,19,21H,5,8,11,13-15H2,1H3,(H,22,24). The van der Waals surface area contributed by atoms with E-state index >= 15 is 0 Å². The van der Waals surface area contributed by atoms with E-state index in [2.05, 4.69) is 10.3 Å². The molecule has 1 aliphatic heterocycles. The molecule has 1 fully saturated rings. The Kier molecular flexibility index (Phi) is 7.63. The molecule has 7 nitrogen and oxygen atoms in total. The van der Waals surface area contributed by atoms with Gasteiger partial charge in [-0.05, 0) is 18.1 Å². The molecule has 2 aromatic rings. The number of amides is 1. The van der Waals surface area contributed by atoms with E-state index in [9.17, 15) is 4.79 Å². The van der Waals surface area contributed by atoms with Crippen LogP contribution in [0.2, 0.25) is 0 Å². The van der Waals surface area contributed by atoms with Gasteiger partial charge in [-0.2, -0.15) is 0 Å². The van der Waals surface area contributed by atoms with Gasteiger partial charge in [0.2, 0.25) is 11.8 Å². The highest BCUT2D eigenvalue weighted by Crippen LogP contribution is 2.19. The van der Waals surface area contributed by atoms with E-state index in [1.54, 1.807) is 12.3 Å². The summed E-state index contributed by atoms with van der Waals surface area (Å²) in [4.78, 5) is 15.1. The van der Waals surface area contributed by atoms with Crippen LogP contribution in [0.4, 0.5) is 0 Å². The maximum atomic E-state index is 10.8. The molecule has 1 aliphatic rings. The van der Waals surface area contributed by atoms with Crippen molar-refractivity contribution in [2.75, 3.05) is 19.8 Å². The van der Waals surface area contributed by atoms with E-state index in [-0.39, 0.29) is 18.3 Å². The van der Waals surface area contributed by atoms with Crippen molar-refractivity contribution in [2.45, 2.75) is 38.8 Å². The summed E-state index contributed by atoms with van der Waals surface area (Å²) in [5.74, 6) is 1.17. The second-order valence-electron chi connectivity index (χ2n) is 6.57. The average molecular weight is 386 g/mol. The minimum absolute atomic E-state index is 0.0251. The fraction of sp³-hybridized carbons (Fsp3) is 0.429. The van der Waals surface area contributed by atoms with Crippen molar-refractivity contribution in [3.05, 3.63) is 54.2 Å². The van der Waals surface area contributed by atoms with Crippen LogP contribution in [0.5, 0.6) is 11.6 Å². The predicted octanol–water partition coefficient (Wildman–Crippen LogP) is 2.70. The van der Waals surface area contributed by atoms with E-state index < -0.39 is 0 Å². The first-order valence-electron chi connectivity index (χ1n) is 9.46. The van der Waals surface area contributed by atoms with Gasteiger partial charge in [-0.15, -0.1) is 0 Å². The van der Waals surface area contributed by atoms with Gasteiger partial charge in [-0.25, -0.2) is 4.98 Å². The van der Waals surface area contributed by atoms with Crippen LogP contribution in [0.3, 0.4) is 0 Å². The number of nitrogens with zero attached hydrogens (tertiary/aromatic N) is 1. The molecule has 0 spiro atoms. The third-order valence-electron chi connectivity index (χ3n) is 4.17. The fourth-order valence-electron chi connectivity index (χ4n) is 2.73. The third-order valence-corrected chi connectivity index (χ3v) is 4.17. The monoisotopic (exact) mass is 386 g/mol. The summed E-state index contributed by atoms with van der Waals surface area (Å²) >= 11 is 0. The van der Waals surface area contributed by atoms with E-state index in [1.165, 1.54) is 6.92 Å². The summed E-state index contributed by atoms with van der Waals surface area (Å²) < 4.78 is 22.9. The van der Waals surface area contributed by atoms with E-state index in [4.69, 9.17) is 18.9 Å². The second kappa shape index (κ2) is 10.6. The molecule has 0 aliphatic carbocycles. The lowest BCUT2D eigenvalue weighted by Crippen LogP contribution is -2.39. The Morgan fingerprint density at radius 3 is 2.64 bits per heavy atom. The van der Waals surface area contributed by atoms with Crippen LogP contribution in [-0.4, -0.2) is 43.0 Å². The molecule has 150 valence electrons. The summed E-state index contributed by atoms with van der Waals surface area (Å²) in [5.41, 5.74) is 1.10. The molecular formula is C21H26N2O5. The molecule has 3 rings (SSSR count). The minimum Gasteiger partial charge on any atom is -0.487 e. The summed E-state index contributed by atoms with van der Waals surface area (Å²) in [7, 11) is 0. The van der Waals surface area contributed by atoms with Gasteiger partial charge in [0, 0.05) is 26.0 Å². The van der Waals surface area contributed by atoms with Crippen LogP contribution in [0, 0.1) is 0 Å². The molecule has 1 aromatic carbocycles. The average Bonchev–Trinajstić information content (AvgIpc) is 2.72. The van der Waals surface area contributed by atoms with Gasteiger partial charge in [0.1, 0.15) is 18.5 Å². The largest absolute Gasteiger partial charge is 0.487 e. The molecule has 0 radical (unpaired) electrons. The highest BCUT2D eigenvalue weighted by molar-refractivity contribution is 5.72. The molecule has 0 saturated carbocycles. The lowest BCUT2D eigenvalue weighted by atomic mass is 10.2. The molecule has 0 unspecified atom stereocenters. The topological polar surface area (TPSA) is 78.9 Å². The van der Waals surface area contributed by atoms with Crippen LogP contribution in [-0.2, 0) is 20.9 Å². The molecular weight excluding hydrogens is 360 g/mol. The van der Waals surface area contributed by atoms with Gasteiger partial charge in [-0.3, -0.25) is 4.79 Å². The summed E-state index contributed by atoms with van der Waals surface area (Å²) in [6.07, 6.45) is 2.74. The number of ether oxygens (including phenoxy) is 4. The van der Waals surface area contributed by atoms with Crippen LogP contribution in [0.25, 0.3) is 0 Å². The van der Waals surface area contributed by atoms with Crippen LogP contribution < -0.4 is 14.8 Å². The highest BCUT2D eigenvalue weighted by Gasteiger charge is 2.23. The van der Waals surface area contributed by atoms with Gasteiger partial charge < -0.3 is 24.3 Å². The molecule has 2 heterocycles. The van der Waals surface area contributed by atoms with Crippen molar-refractivity contribution in [1.82, 2.24) is 10.3 Å². The van der Waals surface area contributed by atoms with Crippen molar-refractivity contribution >= 4 is 5.91 Å². The number of hydrogen-bond acceptors (Lipinski definition) is 6. The van der Waals surface area contributed by atoms with Crippen molar-refractivity contribution in [1.29, 1.82) is 0 Å². The van der Waals surface area contributed by atoms with Crippen LogP contribution >= 0.6 is 0 Å². The lowest BCUT2D eigenvalue weighted by Gasteiger charge is -2.29. The number of aromatic nitrogens is 1. The predicted molar refractivity (Wildman–Crippen MR) is 103 cm³/mol. The number of carbonyl (C=O) groups excluding carboxylic acids is 1. The first-order valence-corrected chi connectivity index (χ1v) is 9.46. The van der Waals surface area contributed by atoms with E-state index in [0.29, 0.717) is 38.0 Å². The number of hydrogen-bond donors (Lipinski definition) is 1. The van der Waals surface area contributed by atoms with Gasteiger partial charge in [0.05, 0.1) is 19.4 Å². The SMILES string of the molecule is CC(=O)NCCCC1OCC(Oc2ccc(OCc3ccccc3)cn2)CO1. The third kappa shape index (κ3) is 6.83. The molecule has 7 heteroatoms. The van der Waals surface area contributed by atoms with Crippen molar-refractivity contribution in [2.24, 2.45) is 0 Å². The Balaban J connectivity index is 1.35. The molecule has 1 aromatic heterocycles. The summed E-state index contributed by atoms with van der Waals surface area (Å²) in [6, 6.07) is 13.6. The zero-order valence-electron chi connectivity index (χ0n) is 16.0. The number of nitrogens with one attached hydrogen (secondary N) is 1. The quantitative estimate of drug-likeness (QED) is 0.668. The molecule has 0 atom stereocenters. The highest BCUT2D eigenvalue weighted by atomic mass is 16.7. The second-order valence-corrected chi connectivity index (χ2v) is 6.57. The Labute approximate surface area is 165 Å². The number of rotatable bonds is 9. The van der Waals surface area contributed by atoms with Crippen LogP contribution in [0.15, 0.2) is 48.7 Å². The van der Waals surface area contributed by atoms with Gasteiger partial charge in [0.25, 0.3) is 0 Å². The van der Waals surface area contributed by atoms with Gasteiger partial charge >= 0.3 is 0 Å². The number of carbonyl (C=O) groups is 1. The zero-order chi connectivity index (χ0) is 19.6. The molecule has 28 heavy (non-hydrogen) atoms. The minimum atomic E-state index is -0.254. The number of benzene rings is 1. The Bertz CT molecular complexity index is 715. The molecule has 1 N–H and O–H groups in total. The van der Waals surface area contributed by atoms with Crippen molar-refractivity contribution in [3.8, 4) is 11.6 Å². The van der Waals surface area contributed by atoms with Crippen molar-refractivity contribution in [3.63, 3.8) is 0 Å². The van der Waals surface area contributed by atoms with Crippen molar-refractivity contribution < 1.29 is 23.7 Å². The number of pyridine rings is 1.